The quantitative estimate of drug-likeness (QED) is 0.556. The van der Waals surface area contributed by atoms with E-state index < -0.39 is 0 Å². The average Bonchev–Trinajstić information content (AvgIpc) is 1.83. The molecule has 0 fully saturated rings. The maximum Gasteiger partial charge on any atom is 0.0467 e. The van der Waals surface area contributed by atoms with E-state index in [2.05, 4.69) is 19.6 Å². The normalized spacial score (nSPS) is 13.9. The fourth-order valence-corrected chi connectivity index (χ4v) is 0.947. The third-order valence-electron chi connectivity index (χ3n) is 1.21. The van der Waals surface area contributed by atoms with Crippen LogP contribution in [0.1, 0.15) is 19.8 Å². The van der Waals surface area contributed by atoms with Gasteiger partial charge in [-0.15, -0.1) is 0 Å². The number of aliphatic hydroxyl groups is 1. The Kier molecular flexibility index (Phi) is 5.66. The summed E-state index contributed by atoms with van der Waals surface area (Å²) in [7, 11) is 0. The largest absolute Gasteiger partial charge is 0.396 e. The first-order valence-corrected chi connectivity index (χ1v) is 3.70. The first kappa shape index (κ1) is 8.31. The summed E-state index contributed by atoms with van der Waals surface area (Å²) in [5.74, 6) is 1.23. The zero-order valence-corrected chi connectivity index (χ0v) is 6.19. The van der Waals surface area contributed by atoms with Crippen molar-refractivity contribution in [3.05, 3.63) is 0 Å². The second-order valence-electron chi connectivity index (χ2n) is 2.02. The van der Waals surface area contributed by atoms with Gasteiger partial charge in [-0.1, -0.05) is 13.3 Å². The van der Waals surface area contributed by atoms with Crippen LogP contribution in [-0.2, 0) is 0 Å². The fraction of sp³-hybridized carbons (Fsp3) is 1.00. The van der Waals surface area contributed by atoms with E-state index in [-0.39, 0.29) is 6.61 Å². The van der Waals surface area contributed by atoms with E-state index in [1.807, 2.05) is 0 Å². The molecule has 1 N–H and O–H groups in total. The van der Waals surface area contributed by atoms with Gasteiger partial charge in [-0.3, -0.25) is 0 Å². The molecule has 1 unspecified atom stereocenters. The smallest absolute Gasteiger partial charge is 0.0467 e. The summed E-state index contributed by atoms with van der Waals surface area (Å²) < 4.78 is 0. The van der Waals surface area contributed by atoms with Crippen LogP contribution < -0.4 is 0 Å². The third-order valence-corrected chi connectivity index (χ3v) is 1.73. The lowest BCUT2D eigenvalue weighted by atomic mass is 10.1. The summed E-state index contributed by atoms with van der Waals surface area (Å²) in [6.45, 7) is 2.41. The number of aliphatic hydroxyl groups excluding tert-OH is 1. The molecule has 0 aromatic rings. The summed E-state index contributed by atoms with van der Waals surface area (Å²) in [6.07, 6.45) is 2.24. The van der Waals surface area contributed by atoms with Gasteiger partial charge in [0.15, 0.2) is 0 Å². The van der Waals surface area contributed by atoms with Crippen molar-refractivity contribution < 1.29 is 5.11 Å². The first-order chi connectivity index (χ1) is 3.85. The second-order valence-corrected chi connectivity index (χ2v) is 2.38. The van der Waals surface area contributed by atoms with Crippen LogP contribution in [0.25, 0.3) is 0 Å². The lowest BCUT2D eigenvalue weighted by molar-refractivity contribution is 0.232. The lowest BCUT2D eigenvalue weighted by Crippen LogP contribution is -2.06. The van der Waals surface area contributed by atoms with Crippen LogP contribution >= 0.6 is 12.6 Å². The third kappa shape index (κ3) is 3.33. The van der Waals surface area contributed by atoms with Crippen LogP contribution in [0.3, 0.4) is 0 Å². The Morgan fingerprint density at radius 1 is 1.62 bits per heavy atom. The summed E-state index contributed by atoms with van der Waals surface area (Å²) >= 11 is 4.07. The van der Waals surface area contributed by atoms with Crippen LogP contribution in [0, 0.1) is 5.92 Å². The van der Waals surface area contributed by atoms with Crippen molar-refractivity contribution in [2.75, 3.05) is 12.4 Å². The predicted molar refractivity (Wildman–Crippen MR) is 39.3 cm³/mol. The van der Waals surface area contributed by atoms with Crippen LogP contribution in [-0.4, -0.2) is 17.5 Å². The fourth-order valence-electron chi connectivity index (χ4n) is 0.649. The van der Waals surface area contributed by atoms with Gasteiger partial charge in [-0.2, -0.15) is 12.6 Å². The molecule has 50 valence electrons. The van der Waals surface area contributed by atoms with Gasteiger partial charge in [-0.25, -0.2) is 0 Å². The van der Waals surface area contributed by atoms with Gasteiger partial charge in [0.25, 0.3) is 0 Å². The topological polar surface area (TPSA) is 20.2 Å². The van der Waals surface area contributed by atoms with Crippen molar-refractivity contribution in [2.24, 2.45) is 5.92 Å². The Balaban J connectivity index is 3.07. The molecule has 2 heteroatoms. The number of hydrogen-bond acceptors (Lipinski definition) is 2. The van der Waals surface area contributed by atoms with Crippen LogP contribution in [0.15, 0.2) is 0 Å². The van der Waals surface area contributed by atoms with Crippen molar-refractivity contribution in [1.29, 1.82) is 0 Å². The van der Waals surface area contributed by atoms with Crippen molar-refractivity contribution in [3.8, 4) is 0 Å². The minimum atomic E-state index is 0.289. The molecular formula is C6H14OS. The molecule has 0 radical (unpaired) electrons. The van der Waals surface area contributed by atoms with Gasteiger partial charge < -0.3 is 5.11 Å². The second kappa shape index (κ2) is 5.45. The van der Waals surface area contributed by atoms with E-state index in [0.29, 0.717) is 5.92 Å². The maximum absolute atomic E-state index is 8.61. The Hall–Kier alpha value is 0.310. The van der Waals surface area contributed by atoms with E-state index >= 15 is 0 Å². The summed E-state index contributed by atoms with van der Waals surface area (Å²) in [6, 6.07) is 0. The monoisotopic (exact) mass is 134 g/mol. The molecule has 0 heterocycles. The molecule has 0 saturated heterocycles. The number of hydrogen-bond donors (Lipinski definition) is 2. The van der Waals surface area contributed by atoms with E-state index in [4.69, 9.17) is 5.11 Å². The minimum Gasteiger partial charge on any atom is -0.396 e. The Labute approximate surface area is 56.5 Å². The molecular weight excluding hydrogens is 120 g/mol. The molecule has 8 heavy (non-hydrogen) atoms. The predicted octanol–water partition coefficient (Wildman–Crippen LogP) is 1.32. The van der Waals surface area contributed by atoms with Gasteiger partial charge >= 0.3 is 0 Å². The first-order valence-electron chi connectivity index (χ1n) is 3.06. The van der Waals surface area contributed by atoms with E-state index in [1.165, 1.54) is 0 Å². The minimum absolute atomic E-state index is 0.289. The van der Waals surface area contributed by atoms with Gasteiger partial charge in [0, 0.05) is 6.61 Å². The maximum atomic E-state index is 8.61. The van der Waals surface area contributed by atoms with E-state index in [0.717, 1.165) is 18.6 Å². The molecule has 0 aliphatic carbocycles. The van der Waals surface area contributed by atoms with Crippen LogP contribution in [0.5, 0.6) is 0 Å². The van der Waals surface area contributed by atoms with Crippen molar-refractivity contribution in [3.63, 3.8) is 0 Å². The van der Waals surface area contributed by atoms with E-state index in [9.17, 15) is 0 Å². The highest BCUT2D eigenvalue weighted by Gasteiger charge is 2.00. The molecule has 0 amide bonds. The summed E-state index contributed by atoms with van der Waals surface area (Å²) in [5.41, 5.74) is 0. The lowest BCUT2D eigenvalue weighted by Gasteiger charge is -2.06. The molecule has 0 bridgehead atoms. The standard InChI is InChI=1S/C6H14OS/c1-2-3-6(4-7)5-8/h6-8H,2-5H2,1H3. The average molecular weight is 134 g/mol. The van der Waals surface area contributed by atoms with Gasteiger partial charge in [0.1, 0.15) is 0 Å². The Morgan fingerprint density at radius 3 is 2.38 bits per heavy atom. The highest BCUT2D eigenvalue weighted by molar-refractivity contribution is 7.80. The van der Waals surface area contributed by atoms with Gasteiger partial charge in [-0.05, 0) is 18.1 Å². The highest BCUT2D eigenvalue weighted by atomic mass is 32.1. The summed E-state index contributed by atoms with van der Waals surface area (Å²) in [5, 5.41) is 8.61. The Morgan fingerprint density at radius 2 is 2.25 bits per heavy atom. The number of rotatable bonds is 4. The summed E-state index contributed by atoms with van der Waals surface area (Å²) in [4.78, 5) is 0. The van der Waals surface area contributed by atoms with Crippen molar-refractivity contribution >= 4 is 12.6 Å². The molecule has 0 aliphatic rings. The molecule has 0 rings (SSSR count). The zero-order chi connectivity index (χ0) is 6.41. The molecule has 1 atom stereocenters. The molecule has 0 aromatic heterocycles. The van der Waals surface area contributed by atoms with Crippen molar-refractivity contribution in [2.45, 2.75) is 19.8 Å². The van der Waals surface area contributed by atoms with Gasteiger partial charge in [0.05, 0.1) is 0 Å². The molecule has 0 aromatic carbocycles. The number of thiol groups is 1. The van der Waals surface area contributed by atoms with Crippen LogP contribution in [0.4, 0.5) is 0 Å². The molecule has 0 saturated carbocycles. The van der Waals surface area contributed by atoms with Crippen LogP contribution in [0.2, 0.25) is 0 Å². The molecule has 1 nitrogen and oxygen atoms in total. The Bertz CT molecular complexity index is 43.8. The SMILES string of the molecule is CCCC(CO)CS. The van der Waals surface area contributed by atoms with Crippen molar-refractivity contribution in [1.82, 2.24) is 0 Å². The zero-order valence-electron chi connectivity index (χ0n) is 5.30. The van der Waals surface area contributed by atoms with Gasteiger partial charge in [0.2, 0.25) is 0 Å². The van der Waals surface area contributed by atoms with E-state index in [1.54, 1.807) is 0 Å². The molecule has 0 spiro atoms. The highest BCUT2D eigenvalue weighted by Crippen LogP contribution is 2.05. The molecule has 0 aliphatic heterocycles.